The van der Waals surface area contributed by atoms with Gasteiger partial charge in [0.25, 0.3) is 5.91 Å². The van der Waals surface area contributed by atoms with Crippen molar-refractivity contribution in [2.24, 2.45) is 0 Å². The molecule has 0 bridgehead atoms. The first kappa shape index (κ1) is 23.0. The normalized spacial score (nSPS) is 14.3. The lowest BCUT2D eigenvalue weighted by atomic mass is 10.1. The molecule has 0 radical (unpaired) electrons. The fourth-order valence-electron chi connectivity index (χ4n) is 3.70. The van der Waals surface area contributed by atoms with Crippen LogP contribution in [0.4, 0.5) is 13.2 Å². The zero-order chi connectivity index (χ0) is 24.8. The van der Waals surface area contributed by atoms with Crippen molar-refractivity contribution in [1.29, 1.82) is 0 Å². The van der Waals surface area contributed by atoms with Crippen LogP contribution in [-0.4, -0.2) is 46.7 Å². The molecule has 1 aliphatic carbocycles. The lowest BCUT2D eigenvalue weighted by Gasteiger charge is -2.12. The Hall–Kier alpha value is -3.73. The standard InChI is InChI=1S/C24H19F3N4O3S/c25-24(26,27)14-35(33,34)23-21-28-12-20(31(21)13-19(30-23)15-4-2-1-3-5-15)16-6-8-17(9-7-16)22(32)29-18-10-11-18/h1-9,12-13,18H,10-11,14H2,(H,29,32). The summed E-state index contributed by atoms with van der Waals surface area (Å²) in [6.07, 6.45) is -0.108. The molecule has 5 rings (SSSR count). The van der Waals surface area contributed by atoms with Gasteiger partial charge in [0.15, 0.2) is 16.4 Å². The third-order valence-corrected chi connectivity index (χ3v) is 7.11. The number of benzene rings is 2. The Balaban J connectivity index is 1.63. The van der Waals surface area contributed by atoms with Gasteiger partial charge in [0.2, 0.25) is 9.84 Å². The average molecular weight is 501 g/mol. The number of aromatic nitrogens is 3. The van der Waals surface area contributed by atoms with Crippen molar-refractivity contribution >= 4 is 21.4 Å². The molecule has 7 nitrogen and oxygen atoms in total. The first-order chi connectivity index (χ1) is 16.6. The van der Waals surface area contributed by atoms with E-state index in [1.807, 2.05) is 0 Å². The predicted molar refractivity (Wildman–Crippen MR) is 122 cm³/mol. The Kier molecular flexibility index (Phi) is 5.59. The highest BCUT2D eigenvalue weighted by atomic mass is 32.2. The minimum atomic E-state index is -4.94. The summed E-state index contributed by atoms with van der Waals surface area (Å²) >= 11 is 0. The summed E-state index contributed by atoms with van der Waals surface area (Å²) in [6.45, 7) is 0. The van der Waals surface area contributed by atoms with Crippen LogP contribution >= 0.6 is 0 Å². The molecule has 0 aliphatic heterocycles. The minimum absolute atomic E-state index is 0.179. The van der Waals surface area contributed by atoms with Crippen LogP contribution in [0.3, 0.4) is 0 Å². The van der Waals surface area contributed by atoms with Gasteiger partial charge in [-0.2, -0.15) is 13.2 Å². The third kappa shape index (κ3) is 4.90. The second kappa shape index (κ2) is 8.49. The summed E-state index contributed by atoms with van der Waals surface area (Å²) in [5.41, 5.74) is 2.01. The van der Waals surface area contributed by atoms with Crippen LogP contribution in [0.2, 0.25) is 0 Å². The smallest absolute Gasteiger partial charge is 0.349 e. The molecule has 1 fully saturated rings. The van der Waals surface area contributed by atoms with Gasteiger partial charge < -0.3 is 5.32 Å². The monoisotopic (exact) mass is 500 g/mol. The van der Waals surface area contributed by atoms with Gasteiger partial charge in [-0.1, -0.05) is 42.5 Å². The zero-order valence-electron chi connectivity index (χ0n) is 18.2. The van der Waals surface area contributed by atoms with Gasteiger partial charge in [0.1, 0.15) is 0 Å². The largest absolute Gasteiger partial charge is 0.403 e. The molecule has 4 aromatic rings. The number of carbonyl (C=O) groups is 1. The van der Waals surface area contributed by atoms with E-state index in [1.54, 1.807) is 54.6 Å². The summed E-state index contributed by atoms with van der Waals surface area (Å²) in [7, 11) is -4.84. The number of alkyl halides is 3. The second-order valence-corrected chi connectivity index (χ2v) is 10.2. The number of carbonyl (C=O) groups excluding carboxylic acids is 1. The molecule has 0 atom stereocenters. The quantitative estimate of drug-likeness (QED) is 0.426. The fraction of sp³-hybridized carbons (Fsp3) is 0.208. The van der Waals surface area contributed by atoms with Gasteiger partial charge in [-0.05, 0) is 25.0 Å². The van der Waals surface area contributed by atoms with E-state index in [4.69, 9.17) is 0 Å². The number of fused-ring (bicyclic) bond motifs is 1. The maximum Gasteiger partial charge on any atom is 0.403 e. The topological polar surface area (TPSA) is 93.4 Å². The SMILES string of the molecule is O=C(NC1CC1)c1ccc(-c2cnc3c(S(=O)(=O)CC(F)(F)F)nc(-c4ccccc4)cn23)cc1. The molecule has 2 aromatic carbocycles. The van der Waals surface area contributed by atoms with E-state index in [-0.39, 0.29) is 23.3 Å². The van der Waals surface area contributed by atoms with Crippen LogP contribution in [-0.2, 0) is 9.84 Å². The first-order valence-corrected chi connectivity index (χ1v) is 12.4. The van der Waals surface area contributed by atoms with E-state index in [2.05, 4.69) is 15.3 Å². The maximum absolute atomic E-state index is 13.0. The highest BCUT2D eigenvalue weighted by Gasteiger charge is 2.38. The maximum atomic E-state index is 13.0. The van der Waals surface area contributed by atoms with E-state index < -0.39 is 26.8 Å². The average Bonchev–Trinajstić information content (AvgIpc) is 3.52. The highest BCUT2D eigenvalue weighted by Crippen LogP contribution is 2.30. The molecule has 2 heterocycles. The van der Waals surface area contributed by atoms with Crippen molar-refractivity contribution in [3.05, 3.63) is 72.6 Å². The molecular weight excluding hydrogens is 481 g/mol. The summed E-state index contributed by atoms with van der Waals surface area (Å²) in [5.74, 6) is -2.23. The lowest BCUT2D eigenvalue weighted by Crippen LogP contribution is -2.25. The van der Waals surface area contributed by atoms with Crippen LogP contribution in [0.15, 0.2) is 72.0 Å². The van der Waals surface area contributed by atoms with Crippen molar-refractivity contribution in [2.45, 2.75) is 30.1 Å². The number of imidazole rings is 1. The molecule has 2 aromatic heterocycles. The van der Waals surface area contributed by atoms with Crippen LogP contribution in [0.1, 0.15) is 23.2 Å². The number of nitrogens with zero attached hydrogens (tertiary/aromatic N) is 3. The second-order valence-electron chi connectivity index (χ2n) is 8.33. The van der Waals surface area contributed by atoms with E-state index in [0.29, 0.717) is 22.4 Å². The van der Waals surface area contributed by atoms with Crippen molar-refractivity contribution in [2.75, 3.05) is 5.75 Å². The molecule has 1 N–H and O–H groups in total. The third-order valence-electron chi connectivity index (χ3n) is 5.53. The molecular formula is C24H19F3N4O3S. The van der Waals surface area contributed by atoms with Gasteiger partial charge in [0, 0.05) is 28.9 Å². The Morgan fingerprint density at radius 1 is 1.03 bits per heavy atom. The fourth-order valence-corrected chi connectivity index (χ4v) is 4.94. The summed E-state index contributed by atoms with van der Waals surface area (Å²) in [6, 6.07) is 15.4. The molecule has 0 spiro atoms. The van der Waals surface area contributed by atoms with E-state index in [1.165, 1.54) is 16.8 Å². The Labute approximate surface area is 198 Å². The van der Waals surface area contributed by atoms with Crippen molar-refractivity contribution in [3.8, 4) is 22.5 Å². The van der Waals surface area contributed by atoms with Crippen LogP contribution in [0.5, 0.6) is 0 Å². The molecule has 180 valence electrons. The molecule has 1 aliphatic rings. The Morgan fingerprint density at radius 2 is 1.71 bits per heavy atom. The molecule has 0 saturated heterocycles. The van der Waals surface area contributed by atoms with Crippen molar-refractivity contribution in [3.63, 3.8) is 0 Å². The van der Waals surface area contributed by atoms with Crippen molar-refractivity contribution in [1.82, 2.24) is 19.7 Å². The van der Waals surface area contributed by atoms with Crippen LogP contribution in [0, 0.1) is 0 Å². The number of sulfone groups is 1. The lowest BCUT2D eigenvalue weighted by molar-refractivity contribution is -0.106. The minimum Gasteiger partial charge on any atom is -0.349 e. The molecule has 0 unspecified atom stereocenters. The van der Waals surface area contributed by atoms with Gasteiger partial charge in [0.05, 0.1) is 17.6 Å². The summed E-state index contributed by atoms with van der Waals surface area (Å²) in [4.78, 5) is 20.5. The number of hydrogen-bond donors (Lipinski definition) is 1. The van der Waals surface area contributed by atoms with Crippen molar-refractivity contribution < 1.29 is 26.4 Å². The number of halogens is 3. The van der Waals surface area contributed by atoms with E-state index in [0.717, 1.165) is 12.8 Å². The Bertz CT molecular complexity index is 1510. The number of nitrogens with one attached hydrogen (secondary N) is 1. The highest BCUT2D eigenvalue weighted by molar-refractivity contribution is 7.91. The molecule has 11 heteroatoms. The molecule has 1 amide bonds. The van der Waals surface area contributed by atoms with Gasteiger partial charge in [-0.25, -0.2) is 18.4 Å². The van der Waals surface area contributed by atoms with Gasteiger partial charge in [-0.15, -0.1) is 0 Å². The zero-order valence-corrected chi connectivity index (χ0v) is 19.0. The number of amides is 1. The summed E-state index contributed by atoms with van der Waals surface area (Å²) in [5, 5.41) is 2.15. The van der Waals surface area contributed by atoms with Gasteiger partial charge >= 0.3 is 6.18 Å². The van der Waals surface area contributed by atoms with Crippen LogP contribution < -0.4 is 5.32 Å². The first-order valence-electron chi connectivity index (χ1n) is 10.7. The van der Waals surface area contributed by atoms with E-state index >= 15 is 0 Å². The summed E-state index contributed by atoms with van der Waals surface area (Å²) < 4.78 is 66.0. The predicted octanol–water partition coefficient (Wildman–Crippen LogP) is 4.29. The molecule has 35 heavy (non-hydrogen) atoms. The number of hydrogen-bond acceptors (Lipinski definition) is 5. The van der Waals surface area contributed by atoms with Crippen LogP contribution in [0.25, 0.3) is 28.2 Å². The van der Waals surface area contributed by atoms with Gasteiger partial charge in [-0.3, -0.25) is 9.20 Å². The molecule has 1 saturated carbocycles. The number of rotatable bonds is 6. The van der Waals surface area contributed by atoms with E-state index in [9.17, 15) is 26.4 Å². The Morgan fingerprint density at radius 3 is 2.34 bits per heavy atom.